The first kappa shape index (κ1) is 14.1. The molecule has 2 N–H and O–H groups in total. The number of nitrogens with zero attached hydrogens (tertiary/aromatic N) is 2. The topological polar surface area (TPSA) is 73.0 Å². The number of non-ortho nitro benzene ring substituents is 1. The van der Waals surface area contributed by atoms with Gasteiger partial charge in [-0.25, -0.2) is 4.57 Å². The predicted octanol–water partition coefficient (Wildman–Crippen LogP) is -1.48. The molecule has 1 aromatic carbocycles. The fourth-order valence-corrected chi connectivity index (χ4v) is 1.55. The van der Waals surface area contributed by atoms with Gasteiger partial charge in [0.2, 0.25) is 0 Å². The van der Waals surface area contributed by atoms with Gasteiger partial charge in [-0.2, -0.15) is 0 Å². The average molecular weight is 310 g/mol. The number of rotatable bonds is 3. The lowest BCUT2D eigenvalue weighted by Gasteiger charge is -2.02. The van der Waals surface area contributed by atoms with Gasteiger partial charge in [0, 0.05) is 18.2 Å². The molecular formula is C12H12BrN3O2. The fraction of sp³-hybridized carbons (Fsp3) is 0.0833. The number of anilines is 1. The van der Waals surface area contributed by atoms with E-state index in [0.717, 1.165) is 5.56 Å². The zero-order valence-corrected chi connectivity index (χ0v) is 11.1. The monoisotopic (exact) mass is 309 g/mol. The molecule has 2 rings (SSSR count). The van der Waals surface area contributed by atoms with Crippen molar-refractivity contribution in [1.29, 1.82) is 0 Å². The standard InChI is InChI=1S/C12H11N3O2.BrH/c13-12-3-1-2-8-14(12)9-10-4-6-11(7-5-10)15(16)17;/h1-8,13H,9H2;1H. The molecule has 94 valence electrons. The van der Waals surface area contributed by atoms with Crippen LogP contribution in [0.1, 0.15) is 5.56 Å². The second-order valence-electron chi connectivity index (χ2n) is 3.68. The van der Waals surface area contributed by atoms with E-state index in [-0.39, 0.29) is 22.7 Å². The third-order valence-electron chi connectivity index (χ3n) is 2.48. The molecule has 0 atom stereocenters. The lowest BCUT2D eigenvalue weighted by molar-refractivity contribution is -0.674. The van der Waals surface area contributed by atoms with E-state index in [2.05, 4.69) is 0 Å². The van der Waals surface area contributed by atoms with Crippen molar-refractivity contribution in [2.75, 3.05) is 5.73 Å². The molecule has 0 aliphatic rings. The van der Waals surface area contributed by atoms with E-state index in [1.165, 1.54) is 12.1 Å². The van der Waals surface area contributed by atoms with Crippen LogP contribution in [0.15, 0.2) is 48.7 Å². The third kappa shape index (κ3) is 3.27. The minimum Gasteiger partial charge on any atom is -1.00 e. The lowest BCUT2D eigenvalue weighted by atomic mass is 10.2. The zero-order chi connectivity index (χ0) is 12.3. The van der Waals surface area contributed by atoms with Crippen LogP contribution in [0.3, 0.4) is 0 Å². The highest BCUT2D eigenvalue weighted by molar-refractivity contribution is 5.32. The Hall–Kier alpha value is -1.95. The fourth-order valence-electron chi connectivity index (χ4n) is 1.55. The minimum atomic E-state index is -0.409. The van der Waals surface area contributed by atoms with Gasteiger partial charge >= 0.3 is 0 Å². The molecule has 0 fully saturated rings. The first-order valence-corrected chi connectivity index (χ1v) is 5.14. The second kappa shape index (κ2) is 6.11. The molecule has 0 saturated carbocycles. The molecule has 1 heterocycles. The first-order chi connectivity index (χ1) is 8.16. The van der Waals surface area contributed by atoms with Crippen LogP contribution in [-0.4, -0.2) is 4.92 Å². The summed E-state index contributed by atoms with van der Waals surface area (Å²) in [4.78, 5) is 10.1. The van der Waals surface area contributed by atoms with Gasteiger partial charge in [-0.1, -0.05) is 6.07 Å². The number of benzene rings is 1. The Balaban J connectivity index is 0.00000162. The summed E-state index contributed by atoms with van der Waals surface area (Å²) in [6, 6.07) is 12.0. The van der Waals surface area contributed by atoms with E-state index < -0.39 is 4.92 Å². The number of nitro benzene ring substituents is 1. The molecule has 0 bridgehead atoms. The van der Waals surface area contributed by atoms with Crippen LogP contribution in [0, 0.1) is 10.1 Å². The number of nitro groups is 1. The molecule has 0 spiro atoms. The molecular weight excluding hydrogens is 298 g/mol. The van der Waals surface area contributed by atoms with E-state index in [1.807, 2.05) is 29.0 Å². The van der Waals surface area contributed by atoms with Crippen molar-refractivity contribution >= 4 is 11.5 Å². The Morgan fingerprint density at radius 3 is 2.39 bits per heavy atom. The van der Waals surface area contributed by atoms with Gasteiger partial charge in [-0.15, -0.1) is 0 Å². The number of nitrogens with two attached hydrogens (primary N) is 1. The van der Waals surface area contributed by atoms with Crippen molar-refractivity contribution in [3.05, 3.63) is 64.3 Å². The summed E-state index contributed by atoms with van der Waals surface area (Å²) >= 11 is 0. The summed E-state index contributed by atoms with van der Waals surface area (Å²) in [6.07, 6.45) is 1.87. The number of hydrogen-bond donors (Lipinski definition) is 1. The van der Waals surface area contributed by atoms with Crippen LogP contribution >= 0.6 is 0 Å². The number of hydrogen-bond acceptors (Lipinski definition) is 3. The quantitative estimate of drug-likeness (QED) is 0.427. The van der Waals surface area contributed by atoms with Crippen molar-refractivity contribution in [3.8, 4) is 0 Å². The molecule has 6 heteroatoms. The summed E-state index contributed by atoms with van der Waals surface area (Å²) in [6.45, 7) is 0.602. The molecule has 2 aromatic rings. The summed E-state index contributed by atoms with van der Waals surface area (Å²) in [7, 11) is 0. The number of aromatic nitrogens is 1. The van der Waals surface area contributed by atoms with Crippen molar-refractivity contribution < 1.29 is 26.5 Å². The van der Waals surface area contributed by atoms with Crippen LogP contribution < -0.4 is 27.3 Å². The Morgan fingerprint density at radius 1 is 1.17 bits per heavy atom. The van der Waals surface area contributed by atoms with Crippen LogP contribution in [0.25, 0.3) is 0 Å². The molecule has 0 aliphatic carbocycles. The minimum absolute atomic E-state index is 0. The van der Waals surface area contributed by atoms with Crippen molar-refractivity contribution in [3.63, 3.8) is 0 Å². The van der Waals surface area contributed by atoms with Gasteiger partial charge in [0.25, 0.3) is 11.5 Å². The van der Waals surface area contributed by atoms with Gasteiger partial charge in [-0.3, -0.25) is 15.8 Å². The predicted molar refractivity (Wildman–Crippen MR) is 63.2 cm³/mol. The summed E-state index contributed by atoms with van der Waals surface area (Å²) in [5.74, 6) is 0.658. The van der Waals surface area contributed by atoms with Crippen molar-refractivity contribution in [1.82, 2.24) is 0 Å². The van der Waals surface area contributed by atoms with E-state index in [4.69, 9.17) is 5.73 Å². The van der Waals surface area contributed by atoms with Gasteiger partial charge in [0.05, 0.1) is 11.1 Å². The number of halogens is 1. The van der Waals surface area contributed by atoms with Gasteiger partial charge in [-0.05, 0) is 23.8 Å². The van der Waals surface area contributed by atoms with E-state index in [1.54, 1.807) is 12.1 Å². The maximum atomic E-state index is 10.5. The Bertz CT molecular complexity index is 543. The molecule has 0 amide bonds. The zero-order valence-electron chi connectivity index (χ0n) is 9.49. The number of nitrogen functional groups attached to an aromatic ring is 1. The van der Waals surface area contributed by atoms with Crippen molar-refractivity contribution in [2.24, 2.45) is 0 Å². The van der Waals surface area contributed by atoms with Gasteiger partial charge in [0.15, 0.2) is 0 Å². The third-order valence-corrected chi connectivity index (χ3v) is 2.48. The highest BCUT2D eigenvalue weighted by Crippen LogP contribution is 2.11. The average Bonchev–Trinajstić information content (AvgIpc) is 2.33. The molecule has 0 radical (unpaired) electrons. The van der Waals surface area contributed by atoms with Crippen molar-refractivity contribution in [2.45, 2.75) is 6.54 Å². The first-order valence-electron chi connectivity index (χ1n) is 5.14. The SMILES string of the molecule is Nc1cccc[n+]1Cc1ccc([N+](=O)[O-])cc1.[Br-]. The highest BCUT2D eigenvalue weighted by Gasteiger charge is 2.07. The van der Waals surface area contributed by atoms with Crippen LogP contribution in [0.4, 0.5) is 11.5 Å². The Kier molecular flexibility index (Phi) is 4.79. The maximum Gasteiger partial charge on any atom is 0.272 e. The molecule has 5 nitrogen and oxygen atoms in total. The summed E-state index contributed by atoms with van der Waals surface area (Å²) in [5, 5.41) is 10.5. The summed E-state index contributed by atoms with van der Waals surface area (Å²) < 4.78 is 1.88. The molecule has 0 unspecified atom stereocenters. The molecule has 1 aromatic heterocycles. The number of pyridine rings is 1. The van der Waals surface area contributed by atoms with Crippen LogP contribution in [0.5, 0.6) is 0 Å². The molecule has 0 saturated heterocycles. The second-order valence-corrected chi connectivity index (χ2v) is 3.68. The van der Waals surface area contributed by atoms with E-state index in [0.29, 0.717) is 12.4 Å². The Morgan fingerprint density at radius 2 is 1.83 bits per heavy atom. The maximum absolute atomic E-state index is 10.5. The smallest absolute Gasteiger partial charge is 0.272 e. The summed E-state index contributed by atoms with van der Waals surface area (Å²) in [5.41, 5.74) is 6.87. The Labute approximate surface area is 115 Å². The van der Waals surface area contributed by atoms with Crippen LogP contribution in [-0.2, 0) is 6.54 Å². The van der Waals surface area contributed by atoms with Crippen LogP contribution in [0.2, 0.25) is 0 Å². The van der Waals surface area contributed by atoms with E-state index in [9.17, 15) is 10.1 Å². The molecule has 18 heavy (non-hydrogen) atoms. The highest BCUT2D eigenvalue weighted by atomic mass is 79.9. The molecule has 0 aliphatic heterocycles. The normalized spacial score (nSPS) is 9.56. The van der Waals surface area contributed by atoms with Gasteiger partial charge < -0.3 is 17.0 Å². The van der Waals surface area contributed by atoms with E-state index >= 15 is 0 Å². The van der Waals surface area contributed by atoms with Gasteiger partial charge in [0.1, 0.15) is 6.54 Å². The largest absolute Gasteiger partial charge is 1.00 e. The lowest BCUT2D eigenvalue weighted by Crippen LogP contribution is -3.00.